The first kappa shape index (κ1) is 24.3. The Balaban J connectivity index is 1.80. The van der Waals surface area contributed by atoms with Crippen LogP contribution in [0.25, 0.3) is 0 Å². The number of ether oxygens (including phenoxy) is 3. The quantitative estimate of drug-likeness (QED) is 0.226. The second-order valence-electron chi connectivity index (χ2n) is 7.79. The smallest absolute Gasteiger partial charge is 0.264 e. The molecule has 2 fully saturated rings. The Morgan fingerprint density at radius 1 is 1.29 bits per heavy atom. The minimum absolute atomic E-state index is 0.0537. The van der Waals surface area contributed by atoms with Crippen LogP contribution in [0.15, 0.2) is 22.3 Å². The zero-order valence-corrected chi connectivity index (χ0v) is 19.9. The van der Waals surface area contributed by atoms with Gasteiger partial charge in [-0.3, -0.25) is 4.18 Å². The molecule has 2 rings (SSSR count). The molecule has 6 nitrogen and oxygen atoms in total. The lowest BCUT2D eigenvalue weighted by atomic mass is 9.97. The molecular formula is C20H33IO6S. The number of hydrogen-bond acceptors (Lipinski definition) is 6. The van der Waals surface area contributed by atoms with Crippen LogP contribution in [0.5, 0.6) is 0 Å². The fourth-order valence-corrected chi connectivity index (χ4v) is 4.50. The first-order valence-electron chi connectivity index (χ1n) is 9.93. The van der Waals surface area contributed by atoms with Crippen LogP contribution in [-0.2, 0) is 28.5 Å². The van der Waals surface area contributed by atoms with Gasteiger partial charge in [-0.25, -0.2) is 0 Å². The van der Waals surface area contributed by atoms with Crippen molar-refractivity contribution in [2.45, 2.75) is 76.5 Å². The Hall–Kier alpha value is 0. The zero-order valence-electron chi connectivity index (χ0n) is 16.9. The van der Waals surface area contributed by atoms with Gasteiger partial charge in [0.1, 0.15) is 0 Å². The number of rotatable bonds is 11. The van der Waals surface area contributed by atoms with E-state index < -0.39 is 10.1 Å². The largest absolute Gasteiger partial charge is 0.370 e. The monoisotopic (exact) mass is 528 g/mol. The summed E-state index contributed by atoms with van der Waals surface area (Å²) in [5, 5.41) is 0. The summed E-state index contributed by atoms with van der Waals surface area (Å²) in [6, 6.07) is 0. The third-order valence-corrected chi connectivity index (χ3v) is 6.82. The van der Waals surface area contributed by atoms with Crippen molar-refractivity contribution in [2.24, 2.45) is 5.92 Å². The average molecular weight is 528 g/mol. The Morgan fingerprint density at radius 3 is 2.57 bits per heavy atom. The Kier molecular flexibility index (Phi) is 9.89. The van der Waals surface area contributed by atoms with E-state index >= 15 is 0 Å². The van der Waals surface area contributed by atoms with Crippen LogP contribution < -0.4 is 0 Å². The van der Waals surface area contributed by atoms with Gasteiger partial charge in [0.2, 0.25) is 0 Å². The highest BCUT2D eigenvalue weighted by molar-refractivity contribution is 14.1. The summed E-state index contributed by atoms with van der Waals surface area (Å²) in [4.78, 5) is 0. The Morgan fingerprint density at radius 2 is 1.96 bits per heavy atom. The Bertz CT molecular complexity index is 629. The maximum Gasteiger partial charge on any atom is 0.264 e. The summed E-state index contributed by atoms with van der Waals surface area (Å²) >= 11 is 2.18. The van der Waals surface area contributed by atoms with Gasteiger partial charge in [-0.2, -0.15) is 8.42 Å². The van der Waals surface area contributed by atoms with E-state index in [0.717, 1.165) is 54.3 Å². The van der Waals surface area contributed by atoms with Gasteiger partial charge in [0.15, 0.2) is 6.29 Å². The molecular weight excluding hydrogens is 495 g/mol. The molecule has 0 saturated carbocycles. The number of halogens is 1. The SMILES string of the molecule is C=C(I)C(C)C[C@@H](CC[C@@H]1O[C@@H](CCC2OCCCO2)CC1=C)OS(C)(=O)=O. The lowest BCUT2D eigenvalue weighted by molar-refractivity contribution is -0.184. The third kappa shape index (κ3) is 8.79. The molecule has 0 bridgehead atoms. The lowest BCUT2D eigenvalue weighted by Crippen LogP contribution is -2.26. The van der Waals surface area contributed by atoms with E-state index in [2.05, 4.69) is 35.7 Å². The van der Waals surface area contributed by atoms with Crippen molar-refractivity contribution in [2.75, 3.05) is 19.5 Å². The van der Waals surface area contributed by atoms with Gasteiger partial charge in [-0.1, -0.05) is 20.1 Å². The van der Waals surface area contributed by atoms with Gasteiger partial charge in [-0.15, -0.1) is 0 Å². The summed E-state index contributed by atoms with van der Waals surface area (Å²) in [7, 11) is -3.51. The molecule has 2 heterocycles. The summed E-state index contributed by atoms with van der Waals surface area (Å²) in [6.07, 6.45) is 6.06. The summed E-state index contributed by atoms with van der Waals surface area (Å²) < 4.78 is 46.9. The molecule has 0 radical (unpaired) electrons. The van der Waals surface area contributed by atoms with Gasteiger partial charge in [0.05, 0.1) is 37.8 Å². The van der Waals surface area contributed by atoms with E-state index in [0.29, 0.717) is 19.3 Å². The van der Waals surface area contributed by atoms with Gasteiger partial charge < -0.3 is 14.2 Å². The van der Waals surface area contributed by atoms with Crippen LogP contribution in [0, 0.1) is 5.92 Å². The van der Waals surface area contributed by atoms with Gasteiger partial charge in [0, 0.05) is 6.42 Å². The van der Waals surface area contributed by atoms with Crippen molar-refractivity contribution < 1.29 is 26.8 Å². The normalized spacial score (nSPS) is 26.3. The Labute approximate surface area is 183 Å². The molecule has 2 saturated heterocycles. The molecule has 2 aliphatic heterocycles. The molecule has 28 heavy (non-hydrogen) atoms. The predicted octanol–water partition coefficient (Wildman–Crippen LogP) is 4.34. The van der Waals surface area contributed by atoms with E-state index in [1.165, 1.54) is 0 Å². The van der Waals surface area contributed by atoms with Crippen molar-refractivity contribution >= 4 is 32.7 Å². The highest BCUT2D eigenvalue weighted by Gasteiger charge is 2.31. The van der Waals surface area contributed by atoms with Crippen LogP contribution in [0.2, 0.25) is 0 Å². The maximum absolute atomic E-state index is 11.6. The first-order valence-corrected chi connectivity index (χ1v) is 12.8. The second-order valence-corrected chi connectivity index (χ2v) is 10.8. The minimum Gasteiger partial charge on any atom is -0.370 e. The third-order valence-electron chi connectivity index (χ3n) is 5.14. The molecule has 1 unspecified atom stereocenters. The molecule has 2 aliphatic rings. The molecule has 4 atom stereocenters. The predicted molar refractivity (Wildman–Crippen MR) is 118 cm³/mol. The van der Waals surface area contributed by atoms with Crippen LogP contribution >= 0.6 is 22.6 Å². The van der Waals surface area contributed by atoms with Crippen molar-refractivity contribution in [1.29, 1.82) is 0 Å². The average Bonchev–Trinajstić information content (AvgIpc) is 2.97. The lowest BCUT2D eigenvalue weighted by Gasteiger charge is -2.24. The molecule has 0 N–H and O–H groups in total. The standard InChI is InChI=1S/C20H33IO6S/c1-14(16(3)21)12-18(27-28(4,22)23)6-8-19-15(2)13-17(26-19)7-9-20-24-10-5-11-25-20/h14,17-20H,2-3,5-13H2,1,4H3/t14?,17-,18+,19-/m0/s1. The van der Waals surface area contributed by atoms with E-state index in [4.69, 9.17) is 18.4 Å². The first-order chi connectivity index (χ1) is 13.1. The van der Waals surface area contributed by atoms with Crippen LogP contribution in [0.1, 0.15) is 51.9 Å². The summed E-state index contributed by atoms with van der Waals surface area (Å²) in [5.74, 6) is 0.184. The van der Waals surface area contributed by atoms with Gasteiger partial charge >= 0.3 is 0 Å². The molecule has 0 spiro atoms. The maximum atomic E-state index is 11.6. The fourth-order valence-electron chi connectivity index (χ4n) is 3.58. The van der Waals surface area contributed by atoms with Crippen molar-refractivity contribution in [3.05, 3.63) is 22.3 Å². The second kappa shape index (κ2) is 11.4. The van der Waals surface area contributed by atoms with E-state index in [-0.39, 0.29) is 30.5 Å². The molecule has 0 aromatic rings. The number of hydrogen-bond donors (Lipinski definition) is 0. The van der Waals surface area contributed by atoms with E-state index in [1.807, 2.05) is 6.92 Å². The molecule has 8 heteroatoms. The van der Waals surface area contributed by atoms with Gasteiger partial charge in [0.25, 0.3) is 10.1 Å². The summed E-state index contributed by atoms with van der Waals surface area (Å²) in [5.41, 5.74) is 1.07. The van der Waals surface area contributed by atoms with Crippen LogP contribution in [0.3, 0.4) is 0 Å². The topological polar surface area (TPSA) is 71.1 Å². The highest BCUT2D eigenvalue weighted by atomic mass is 127. The van der Waals surface area contributed by atoms with E-state index in [9.17, 15) is 8.42 Å². The number of allylic oxidation sites excluding steroid dienone is 1. The van der Waals surface area contributed by atoms with Crippen molar-refractivity contribution in [1.82, 2.24) is 0 Å². The molecule has 0 aromatic heterocycles. The minimum atomic E-state index is -3.51. The van der Waals surface area contributed by atoms with Crippen LogP contribution in [0.4, 0.5) is 0 Å². The van der Waals surface area contributed by atoms with Gasteiger partial charge in [-0.05, 0) is 76.2 Å². The molecule has 0 aliphatic carbocycles. The molecule has 162 valence electrons. The van der Waals surface area contributed by atoms with E-state index in [1.54, 1.807) is 0 Å². The summed E-state index contributed by atoms with van der Waals surface area (Å²) in [6.45, 7) is 11.7. The van der Waals surface area contributed by atoms with Crippen molar-refractivity contribution in [3.8, 4) is 0 Å². The van der Waals surface area contributed by atoms with Crippen LogP contribution in [-0.4, -0.2) is 52.5 Å². The molecule has 0 amide bonds. The van der Waals surface area contributed by atoms with Crippen molar-refractivity contribution in [3.63, 3.8) is 0 Å². The highest BCUT2D eigenvalue weighted by Crippen LogP contribution is 2.32. The zero-order chi connectivity index (χ0) is 20.7. The fraction of sp³-hybridized carbons (Fsp3) is 0.800. The molecule has 0 aromatic carbocycles.